The van der Waals surface area contributed by atoms with E-state index < -0.39 is 35.8 Å². The van der Waals surface area contributed by atoms with Crippen LogP contribution in [-0.2, 0) is 19.1 Å². The molecule has 1 saturated carbocycles. The molecule has 0 bridgehead atoms. The van der Waals surface area contributed by atoms with Gasteiger partial charge in [0, 0.05) is 25.8 Å². The molecular formula is C31H34N4O7. The molecule has 2 aromatic rings. The van der Waals surface area contributed by atoms with Crippen LogP contribution in [0.4, 0.5) is 17.1 Å². The van der Waals surface area contributed by atoms with E-state index in [-0.39, 0.29) is 41.9 Å². The molecule has 1 aliphatic carbocycles. The molecule has 2 atom stereocenters. The van der Waals surface area contributed by atoms with E-state index in [1.54, 1.807) is 37.1 Å². The Hall–Kier alpha value is -4.25. The summed E-state index contributed by atoms with van der Waals surface area (Å²) in [4.78, 5) is 66.6. The molecule has 0 unspecified atom stereocenters. The Morgan fingerprint density at radius 1 is 1.00 bits per heavy atom. The van der Waals surface area contributed by atoms with Crippen LogP contribution in [-0.4, -0.2) is 66.3 Å². The van der Waals surface area contributed by atoms with E-state index in [4.69, 9.17) is 9.47 Å². The molecule has 11 heteroatoms. The van der Waals surface area contributed by atoms with Gasteiger partial charge in [0.1, 0.15) is 11.8 Å². The van der Waals surface area contributed by atoms with Crippen molar-refractivity contribution in [2.45, 2.75) is 76.5 Å². The Labute approximate surface area is 243 Å². The molecule has 0 radical (unpaired) electrons. The summed E-state index contributed by atoms with van der Waals surface area (Å²) in [6.45, 7) is 4.40. The highest BCUT2D eigenvalue weighted by Gasteiger charge is 2.46. The molecule has 2 N–H and O–H groups in total. The van der Waals surface area contributed by atoms with Gasteiger partial charge in [-0.25, -0.2) is 0 Å². The molecular weight excluding hydrogens is 540 g/mol. The number of nitrogens with zero attached hydrogens (tertiary/aromatic N) is 2. The van der Waals surface area contributed by atoms with E-state index in [1.807, 2.05) is 19.1 Å². The number of ether oxygens (including phenoxy) is 2. The molecule has 4 aliphatic rings. The summed E-state index contributed by atoms with van der Waals surface area (Å²) in [7, 11) is 1.71. The van der Waals surface area contributed by atoms with Crippen LogP contribution >= 0.6 is 0 Å². The summed E-state index contributed by atoms with van der Waals surface area (Å²) in [5, 5.41) is 5.65. The highest BCUT2D eigenvalue weighted by Crippen LogP contribution is 2.46. The smallest absolute Gasteiger partial charge is 0.267 e. The van der Waals surface area contributed by atoms with Gasteiger partial charge in [-0.2, -0.15) is 0 Å². The number of hydrogen-bond donors (Lipinski definition) is 2. The average molecular weight is 575 g/mol. The predicted octanol–water partition coefficient (Wildman–Crippen LogP) is 3.64. The van der Waals surface area contributed by atoms with E-state index in [1.165, 1.54) is 0 Å². The maximum Gasteiger partial charge on any atom is 0.267 e. The van der Waals surface area contributed by atoms with E-state index in [9.17, 15) is 24.0 Å². The first-order chi connectivity index (χ1) is 20.2. The van der Waals surface area contributed by atoms with Gasteiger partial charge in [0.05, 0.1) is 28.6 Å². The maximum absolute atomic E-state index is 13.7. The Kier molecular flexibility index (Phi) is 7.22. The third-order valence-corrected chi connectivity index (χ3v) is 8.73. The quantitative estimate of drug-likeness (QED) is 0.500. The molecule has 42 heavy (non-hydrogen) atoms. The van der Waals surface area contributed by atoms with Gasteiger partial charge in [-0.05, 0) is 81.7 Å². The van der Waals surface area contributed by atoms with Gasteiger partial charge in [0.25, 0.3) is 17.7 Å². The molecule has 220 valence electrons. The molecule has 6 rings (SSSR count). The number of fused-ring (bicyclic) bond motifs is 2. The summed E-state index contributed by atoms with van der Waals surface area (Å²) in [6.07, 6.45) is 3.37. The minimum absolute atomic E-state index is 0.0475. The number of hydrogen-bond acceptors (Lipinski definition) is 8. The van der Waals surface area contributed by atoms with E-state index >= 15 is 0 Å². The molecule has 11 nitrogen and oxygen atoms in total. The lowest BCUT2D eigenvalue weighted by Gasteiger charge is -2.34. The third kappa shape index (κ3) is 4.71. The first-order valence-electron chi connectivity index (χ1n) is 14.5. The summed E-state index contributed by atoms with van der Waals surface area (Å²) < 4.78 is 11.9. The minimum atomic E-state index is -1.05. The zero-order valence-electron chi connectivity index (χ0n) is 23.9. The Morgan fingerprint density at radius 2 is 1.76 bits per heavy atom. The second kappa shape index (κ2) is 10.9. The number of rotatable bonds is 6. The van der Waals surface area contributed by atoms with Crippen molar-refractivity contribution in [3.05, 3.63) is 47.0 Å². The lowest BCUT2D eigenvalue weighted by atomic mass is 9.81. The normalized spacial score (nSPS) is 25.6. The van der Waals surface area contributed by atoms with Crippen LogP contribution in [0.1, 0.15) is 84.6 Å². The summed E-state index contributed by atoms with van der Waals surface area (Å²) in [6, 6.07) is 7.77. The molecule has 2 aromatic carbocycles. The fourth-order valence-corrected chi connectivity index (χ4v) is 6.56. The van der Waals surface area contributed by atoms with Gasteiger partial charge in [-0.1, -0.05) is 6.07 Å². The molecule has 0 aromatic heterocycles. The number of amides is 5. The van der Waals surface area contributed by atoms with Crippen LogP contribution in [0.15, 0.2) is 30.3 Å². The largest absolute Gasteiger partial charge is 0.479 e. The van der Waals surface area contributed by atoms with Gasteiger partial charge in [-0.15, -0.1) is 0 Å². The van der Waals surface area contributed by atoms with Crippen molar-refractivity contribution in [2.24, 2.45) is 0 Å². The second-order valence-electron chi connectivity index (χ2n) is 11.3. The number of benzene rings is 2. The predicted molar refractivity (Wildman–Crippen MR) is 153 cm³/mol. The Balaban J connectivity index is 1.37. The number of piperidine rings is 1. The van der Waals surface area contributed by atoms with Gasteiger partial charge in [0.15, 0.2) is 6.10 Å². The number of anilines is 3. The van der Waals surface area contributed by atoms with Crippen molar-refractivity contribution < 1.29 is 33.4 Å². The van der Waals surface area contributed by atoms with Crippen molar-refractivity contribution in [1.82, 2.24) is 10.2 Å². The number of carbonyl (C=O) groups is 5. The summed E-state index contributed by atoms with van der Waals surface area (Å²) in [5.41, 5.74) is 3.09. The highest BCUT2D eigenvalue weighted by molar-refractivity contribution is 6.25. The fraction of sp³-hybridized carbons (Fsp3) is 0.452. The Morgan fingerprint density at radius 3 is 2.48 bits per heavy atom. The van der Waals surface area contributed by atoms with Crippen molar-refractivity contribution in [1.29, 1.82) is 0 Å². The topological polar surface area (TPSA) is 134 Å². The summed E-state index contributed by atoms with van der Waals surface area (Å²) in [5.74, 6) is -1.60. The van der Waals surface area contributed by atoms with Gasteiger partial charge < -0.3 is 19.7 Å². The Bertz CT molecular complexity index is 1500. The standard InChI is InChI=1S/C31H34N4O7/c1-4-41-18-10-8-17(9-11-18)20-14-25-24(34(3)29(38)16(2)42-25)15-22(20)32-21-7-5-6-19-27(21)31(40)35(30(19)39)23-12-13-26(36)33-28(23)37/h5-7,14-18,23,32H,4,8-13H2,1-3H3,(H,33,36,37)/t16-,17?,18?,23-/m1/s1. The third-order valence-electron chi connectivity index (χ3n) is 8.73. The lowest BCUT2D eigenvalue weighted by Crippen LogP contribution is -2.54. The van der Waals surface area contributed by atoms with E-state index in [0.29, 0.717) is 29.4 Å². The molecule has 3 aliphatic heterocycles. The van der Waals surface area contributed by atoms with Crippen molar-refractivity contribution in [3.63, 3.8) is 0 Å². The van der Waals surface area contributed by atoms with Crippen LogP contribution in [0.5, 0.6) is 5.75 Å². The maximum atomic E-state index is 13.7. The van der Waals surface area contributed by atoms with Gasteiger partial charge in [0.2, 0.25) is 11.8 Å². The summed E-state index contributed by atoms with van der Waals surface area (Å²) >= 11 is 0. The van der Waals surface area contributed by atoms with E-state index in [2.05, 4.69) is 10.6 Å². The number of carbonyl (C=O) groups excluding carboxylic acids is 5. The van der Waals surface area contributed by atoms with Crippen LogP contribution in [0.3, 0.4) is 0 Å². The SMILES string of the molecule is CCOC1CCC(c2cc3c(cc2Nc2cccc4c2C(=O)N([C@@H]2CCC(=O)NC2=O)C4=O)N(C)C(=O)[C@@H](C)O3)CC1. The van der Waals surface area contributed by atoms with E-state index in [0.717, 1.165) is 36.1 Å². The monoisotopic (exact) mass is 574 g/mol. The number of imide groups is 2. The highest BCUT2D eigenvalue weighted by atomic mass is 16.5. The second-order valence-corrected chi connectivity index (χ2v) is 11.3. The van der Waals surface area contributed by atoms with Gasteiger partial charge in [-0.3, -0.25) is 34.2 Å². The zero-order chi connectivity index (χ0) is 29.7. The van der Waals surface area contributed by atoms with Crippen LogP contribution in [0.2, 0.25) is 0 Å². The molecule has 1 saturated heterocycles. The molecule has 5 amide bonds. The van der Waals surface area contributed by atoms with Crippen molar-refractivity contribution >= 4 is 46.6 Å². The van der Waals surface area contributed by atoms with Crippen LogP contribution in [0.25, 0.3) is 0 Å². The van der Waals surface area contributed by atoms with Gasteiger partial charge >= 0.3 is 0 Å². The van der Waals surface area contributed by atoms with Crippen molar-refractivity contribution in [2.75, 3.05) is 23.9 Å². The first-order valence-corrected chi connectivity index (χ1v) is 14.5. The zero-order valence-corrected chi connectivity index (χ0v) is 23.9. The van der Waals surface area contributed by atoms with Crippen LogP contribution in [0, 0.1) is 0 Å². The number of likely N-dealkylation sites (N-methyl/N-ethyl adjacent to an activating group) is 1. The molecule has 0 spiro atoms. The average Bonchev–Trinajstić information content (AvgIpc) is 3.23. The lowest BCUT2D eigenvalue weighted by molar-refractivity contribution is -0.136. The van der Waals surface area contributed by atoms with Crippen molar-refractivity contribution in [3.8, 4) is 5.75 Å². The van der Waals surface area contributed by atoms with Crippen LogP contribution < -0.4 is 20.3 Å². The molecule has 2 fully saturated rings. The molecule has 3 heterocycles. The first kappa shape index (κ1) is 27.9. The minimum Gasteiger partial charge on any atom is -0.479 e. The fourth-order valence-electron chi connectivity index (χ4n) is 6.56. The number of nitrogens with one attached hydrogen (secondary N) is 2.